The second kappa shape index (κ2) is 7.96. The summed E-state index contributed by atoms with van der Waals surface area (Å²) in [5.41, 5.74) is 3.11. The molecule has 0 aliphatic rings. The number of fused-ring (bicyclic) bond motifs is 1. The molecular weight excluding hydrogens is 415 g/mol. The van der Waals surface area contributed by atoms with E-state index < -0.39 is 0 Å². The molecule has 2 heterocycles. The number of hydrogen-bond acceptors (Lipinski definition) is 3. The van der Waals surface area contributed by atoms with Crippen LogP contribution in [0.1, 0.15) is 22.7 Å². The Morgan fingerprint density at radius 3 is 2.43 bits per heavy atom. The average molecular weight is 430 g/mol. The van der Waals surface area contributed by atoms with Gasteiger partial charge in [-0.15, -0.1) is 0 Å². The van der Waals surface area contributed by atoms with Crippen molar-refractivity contribution in [2.45, 2.75) is 12.3 Å². The van der Waals surface area contributed by atoms with E-state index in [1.54, 1.807) is 18.5 Å². The Bertz CT molecular complexity index is 1150. The first-order valence-corrected chi connectivity index (χ1v) is 9.78. The van der Waals surface area contributed by atoms with Crippen molar-refractivity contribution in [3.63, 3.8) is 0 Å². The zero-order valence-electron chi connectivity index (χ0n) is 14.6. The summed E-state index contributed by atoms with van der Waals surface area (Å²) in [6.45, 7) is 0. The fraction of sp³-hybridized carbons (Fsp3) is 0.0909. The summed E-state index contributed by atoms with van der Waals surface area (Å²) in [5, 5.41) is 13.3. The zero-order chi connectivity index (χ0) is 19.7. The Morgan fingerprint density at radius 1 is 0.893 bits per heavy atom. The number of nitrogens with zero attached hydrogens (tertiary/aromatic N) is 2. The normalized spacial score (nSPS) is 12.2. The van der Waals surface area contributed by atoms with E-state index in [4.69, 9.17) is 34.8 Å². The molecule has 4 aromatic rings. The number of hydrogen-bond donors (Lipinski definition) is 1. The van der Waals surface area contributed by atoms with Crippen molar-refractivity contribution in [2.24, 2.45) is 0 Å². The van der Waals surface area contributed by atoms with E-state index in [1.807, 2.05) is 48.5 Å². The van der Waals surface area contributed by atoms with E-state index >= 15 is 0 Å². The van der Waals surface area contributed by atoms with Gasteiger partial charge in [-0.05, 0) is 29.8 Å². The van der Waals surface area contributed by atoms with Crippen molar-refractivity contribution < 1.29 is 5.11 Å². The average Bonchev–Trinajstić information content (AvgIpc) is 2.70. The van der Waals surface area contributed by atoms with Crippen molar-refractivity contribution in [1.29, 1.82) is 0 Å². The van der Waals surface area contributed by atoms with Crippen LogP contribution in [-0.2, 0) is 6.42 Å². The van der Waals surface area contributed by atoms with Gasteiger partial charge < -0.3 is 5.11 Å². The Morgan fingerprint density at radius 2 is 1.68 bits per heavy atom. The molecule has 1 N–H and O–H groups in total. The largest absolute Gasteiger partial charge is 0.505 e. The van der Waals surface area contributed by atoms with Gasteiger partial charge >= 0.3 is 0 Å². The van der Waals surface area contributed by atoms with Gasteiger partial charge in [0.25, 0.3) is 0 Å². The van der Waals surface area contributed by atoms with Gasteiger partial charge in [-0.25, -0.2) is 0 Å². The standard InChI is InChI=1S/C22H15Cl3N2O/c23-15-6-3-13(4-7-15)18(10-16-11-19(24)20(25)12-27-16)17-8-5-14-2-1-9-26-21(14)22(17)28/h1-9,11-12,18,28H,10H2. The molecule has 3 nitrogen and oxygen atoms in total. The highest BCUT2D eigenvalue weighted by atomic mass is 35.5. The van der Waals surface area contributed by atoms with E-state index in [1.165, 1.54) is 0 Å². The Kier molecular flexibility index (Phi) is 5.40. The summed E-state index contributed by atoms with van der Waals surface area (Å²) in [6, 6.07) is 17.0. The van der Waals surface area contributed by atoms with Crippen LogP contribution >= 0.6 is 34.8 Å². The third kappa shape index (κ3) is 3.79. The maximum atomic E-state index is 11.0. The Hall–Kier alpha value is -2.33. The smallest absolute Gasteiger partial charge is 0.145 e. The van der Waals surface area contributed by atoms with Crippen LogP contribution in [0.15, 0.2) is 67.0 Å². The minimum absolute atomic E-state index is 0.159. The first kappa shape index (κ1) is 19.0. The van der Waals surface area contributed by atoms with Gasteiger partial charge in [0.1, 0.15) is 11.3 Å². The fourth-order valence-corrected chi connectivity index (χ4v) is 3.71. The van der Waals surface area contributed by atoms with Crippen LogP contribution in [0.2, 0.25) is 15.1 Å². The second-order valence-corrected chi connectivity index (χ2v) is 7.73. The molecule has 1 atom stereocenters. The molecule has 2 aromatic heterocycles. The number of halogens is 3. The predicted molar refractivity (Wildman–Crippen MR) is 115 cm³/mol. The molecular formula is C22H15Cl3N2O. The summed E-state index contributed by atoms with van der Waals surface area (Å²) in [7, 11) is 0. The second-order valence-electron chi connectivity index (χ2n) is 6.48. The van der Waals surface area contributed by atoms with Crippen molar-refractivity contribution in [2.75, 3.05) is 0 Å². The first-order chi connectivity index (χ1) is 13.5. The quantitative estimate of drug-likeness (QED) is 0.394. The van der Waals surface area contributed by atoms with Crippen molar-refractivity contribution in [1.82, 2.24) is 9.97 Å². The van der Waals surface area contributed by atoms with Gasteiger partial charge in [0.15, 0.2) is 0 Å². The van der Waals surface area contributed by atoms with E-state index in [-0.39, 0.29) is 11.7 Å². The van der Waals surface area contributed by atoms with Crippen molar-refractivity contribution in [3.05, 3.63) is 98.9 Å². The van der Waals surface area contributed by atoms with Crippen LogP contribution < -0.4 is 0 Å². The number of benzene rings is 2. The van der Waals surface area contributed by atoms with Crippen LogP contribution in [0, 0.1) is 0 Å². The molecule has 0 aliphatic carbocycles. The first-order valence-electron chi connectivity index (χ1n) is 8.65. The van der Waals surface area contributed by atoms with E-state index in [0.717, 1.165) is 22.2 Å². The number of pyridine rings is 2. The monoisotopic (exact) mass is 428 g/mol. The van der Waals surface area contributed by atoms with Gasteiger partial charge in [-0.3, -0.25) is 9.97 Å². The van der Waals surface area contributed by atoms with E-state index in [2.05, 4.69) is 9.97 Å². The molecule has 4 rings (SSSR count). The molecule has 140 valence electrons. The van der Waals surface area contributed by atoms with Crippen LogP contribution in [-0.4, -0.2) is 15.1 Å². The van der Waals surface area contributed by atoms with Gasteiger partial charge in [0.2, 0.25) is 0 Å². The maximum absolute atomic E-state index is 11.0. The molecule has 0 bridgehead atoms. The summed E-state index contributed by atoms with van der Waals surface area (Å²) in [6.07, 6.45) is 3.74. The summed E-state index contributed by atoms with van der Waals surface area (Å²) in [5.74, 6) is 0.00604. The molecule has 0 radical (unpaired) electrons. The van der Waals surface area contributed by atoms with Crippen molar-refractivity contribution >= 4 is 45.7 Å². The molecule has 1 unspecified atom stereocenters. The molecule has 0 aliphatic heterocycles. The lowest BCUT2D eigenvalue weighted by Crippen LogP contribution is -2.07. The summed E-state index contributed by atoms with van der Waals surface area (Å²) < 4.78 is 0. The minimum Gasteiger partial charge on any atom is -0.505 e. The topological polar surface area (TPSA) is 46.0 Å². The van der Waals surface area contributed by atoms with Crippen LogP contribution in [0.25, 0.3) is 10.9 Å². The van der Waals surface area contributed by atoms with Gasteiger partial charge in [0.05, 0.1) is 10.0 Å². The highest BCUT2D eigenvalue weighted by Gasteiger charge is 2.21. The molecule has 0 saturated heterocycles. The lowest BCUT2D eigenvalue weighted by atomic mass is 9.86. The lowest BCUT2D eigenvalue weighted by Gasteiger charge is -2.20. The molecule has 0 fully saturated rings. The molecule has 0 spiro atoms. The lowest BCUT2D eigenvalue weighted by molar-refractivity contribution is 0.469. The molecule has 28 heavy (non-hydrogen) atoms. The third-order valence-electron chi connectivity index (χ3n) is 4.71. The number of phenolic OH excluding ortho intramolecular Hbond substituents is 1. The highest BCUT2D eigenvalue weighted by Crippen LogP contribution is 2.38. The Labute approximate surface area is 177 Å². The number of phenols is 1. The molecule has 0 saturated carbocycles. The molecule has 2 aromatic carbocycles. The molecule has 6 heteroatoms. The maximum Gasteiger partial charge on any atom is 0.145 e. The summed E-state index contributed by atoms with van der Waals surface area (Å²) >= 11 is 18.2. The highest BCUT2D eigenvalue weighted by molar-refractivity contribution is 6.41. The summed E-state index contributed by atoms with van der Waals surface area (Å²) in [4.78, 5) is 8.74. The number of aromatic hydroxyl groups is 1. The minimum atomic E-state index is -0.159. The van der Waals surface area contributed by atoms with E-state index in [9.17, 15) is 5.11 Å². The number of aromatic nitrogens is 2. The zero-order valence-corrected chi connectivity index (χ0v) is 16.9. The predicted octanol–water partition coefficient (Wildman–Crippen LogP) is 6.67. The van der Waals surface area contributed by atoms with Crippen LogP contribution in [0.4, 0.5) is 0 Å². The molecule has 0 amide bonds. The third-order valence-corrected chi connectivity index (χ3v) is 5.67. The van der Waals surface area contributed by atoms with Gasteiger partial charge in [0, 0.05) is 46.4 Å². The van der Waals surface area contributed by atoms with Crippen LogP contribution in [0.3, 0.4) is 0 Å². The van der Waals surface area contributed by atoms with Gasteiger partial charge in [-0.1, -0.05) is 65.1 Å². The van der Waals surface area contributed by atoms with Gasteiger partial charge in [-0.2, -0.15) is 0 Å². The Balaban J connectivity index is 1.84. The van der Waals surface area contributed by atoms with E-state index in [0.29, 0.717) is 27.0 Å². The number of rotatable bonds is 4. The van der Waals surface area contributed by atoms with Crippen molar-refractivity contribution in [3.8, 4) is 5.75 Å². The SMILES string of the molecule is Oc1c(C(Cc2cc(Cl)c(Cl)cn2)c2ccc(Cl)cc2)ccc2cccnc12. The fourth-order valence-electron chi connectivity index (χ4n) is 3.30. The van der Waals surface area contributed by atoms with Crippen LogP contribution in [0.5, 0.6) is 5.75 Å².